The summed E-state index contributed by atoms with van der Waals surface area (Å²) in [7, 11) is 0. The second-order valence-corrected chi connectivity index (χ2v) is 2.69. The molecule has 0 bridgehead atoms. The highest BCUT2D eigenvalue weighted by atomic mass is 14.8. The van der Waals surface area contributed by atoms with E-state index in [4.69, 9.17) is 0 Å². The van der Waals surface area contributed by atoms with Gasteiger partial charge < -0.3 is 0 Å². The summed E-state index contributed by atoms with van der Waals surface area (Å²) in [5.74, 6) is 0.405. The van der Waals surface area contributed by atoms with Crippen molar-refractivity contribution in [3.05, 3.63) is 24.0 Å². The number of hydrogen-bond donors (Lipinski definition) is 0. The molecule has 2 heterocycles. The third-order valence-electron chi connectivity index (χ3n) is 1.93. The molecule has 0 aromatic rings. The Morgan fingerprint density at radius 1 is 1.55 bits per heavy atom. The first-order valence-corrected chi connectivity index (χ1v) is 3.89. The average Bonchev–Trinajstić information content (AvgIpc) is 2.46. The third kappa shape index (κ3) is 1.04. The lowest BCUT2D eigenvalue weighted by atomic mass is 10.0. The van der Waals surface area contributed by atoms with Crippen LogP contribution in [0.3, 0.4) is 0 Å². The van der Waals surface area contributed by atoms with Gasteiger partial charge in [-0.3, -0.25) is 9.98 Å². The van der Waals surface area contributed by atoms with Crippen LogP contribution in [-0.4, -0.2) is 11.9 Å². The molecule has 2 aliphatic rings. The van der Waals surface area contributed by atoms with Crippen LogP contribution >= 0.6 is 0 Å². The molecule has 0 aromatic carbocycles. The normalized spacial score (nSPS) is 26.5. The van der Waals surface area contributed by atoms with E-state index in [-0.39, 0.29) is 0 Å². The zero-order chi connectivity index (χ0) is 7.68. The Balaban J connectivity index is 2.31. The van der Waals surface area contributed by atoms with Gasteiger partial charge in [-0.2, -0.15) is 0 Å². The van der Waals surface area contributed by atoms with E-state index in [0.717, 1.165) is 12.1 Å². The number of nitrogens with zero attached hydrogens (tertiary/aromatic N) is 2. The van der Waals surface area contributed by atoms with Gasteiger partial charge in [0.1, 0.15) is 0 Å². The van der Waals surface area contributed by atoms with Gasteiger partial charge in [0.25, 0.3) is 0 Å². The molecule has 2 rings (SSSR count). The van der Waals surface area contributed by atoms with Crippen molar-refractivity contribution in [1.82, 2.24) is 0 Å². The van der Waals surface area contributed by atoms with Crippen molar-refractivity contribution >= 4 is 11.9 Å². The Kier molecular flexibility index (Phi) is 1.46. The van der Waals surface area contributed by atoms with E-state index in [2.05, 4.69) is 29.1 Å². The summed E-state index contributed by atoms with van der Waals surface area (Å²) < 4.78 is 0. The van der Waals surface area contributed by atoms with Gasteiger partial charge in [-0.15, -0.1) is 0 Å². The predicted molar refractivity (Wildman–Crippen MR) is 46.9 cm³/mol. The Labute approximate surface area is 66.1 Å². The second kappa shape index (κ2) is 2.46. The van der Waals surface area contributed by atoms with Gasteiger partial charge in [-0.1, -0.05) is 13.0 Å². The number of allylic oxidation sites excluding steroid dienone is 3. The summed E-state index contributed by atoms with van der Waals surface area (Å²) in [5.41, 5.74) is 2.27. The molecule has 0 amide bonds. The van der Waals surface area contributed by atoms with Crippen LogP contribution < -0.4 is 0 Å². The highest BCUT2D eigenvalue weighted by Gasteiger charge is 2.17. The van der Waals surface area contributed by atoms with Crippen molar-refractivity contribution in [3.8, 4) is 0 Å². The van der Waals surface area contributed by atoms with Crippen LogP contribution in [0, 0.1) is 5.92 Å². The number of fused-ring (bicyclic) bond motifs is 1. The van der Waals surface area contributed by atoms with Crippen LogP contribution in [0.5, 0.6) is 0 Å². The Morgan fingerprint density at radius 3 is 3.18 bits per heavy atom. The molecule has 0 saturated carbocycles. The molecule has 0 N–H and O–H groups in total. The van der Waals surface area contributed by atoms with E-state index in [9.17, 15) is 0 Å². The van der Waals surface area contributed by atoms with Crippen LogP contribution in [0.15, 0.2) is 34.0 Å². The topological polar surface area (TPSA) is 24.7 Å². The van der Waals surface area contributed by atoms with Gasteiger partial charge in [-0.05, 0) is 12.5 Å². The standard InChI is InChI=1S/C9H10N2/c1-2-8-5-7-3-4-10-6-9(7)11-8/h3-7H,2H2,1H3. The van der Waals surface area contributed by atoms with Gasteiger partial charge in [0.05, 0.1) is 5.71 Å². The lowest BCUT2D eigenvalue weighted by Gasteiger charge is -2.03. The molecule has 2 heteroatoms. The smallest absolute Gasteiger partial charge is 0.0697 e. The fraction of sp³-hybridized carbons (Fsp3) is 0.333. The molecule has 0 aromatic heterocycles. The van der Waals surface area contributed by atoms with Crippen molar-refractivity contribution in [3.63, 3.8) is 0 Å². The highest BCUT2D eigenvalue weighted by Crippen LogP contribution is 2.21. The summed E-state index contributed by atoms with van der Waals surface area (Å²) >= 11 is 0. The molecule has 2 nitrogen and oxygen atoms in total. The van der Waals surface area contributed by atoms with Crippen LogP contribution in [0.1, 0.15) is 13.3 Å². The molecule has 1 unspecified atom stereocenters. The minimum atomic E-state index is 0.405. The van der Waals surface area contributed by atoms with E-state index >= 15 is 0 Å². The Hall–Kier alpha value is -1.18. The monoisotopic (exact) mass is 146 g/mol. The predicted octanol–water partition coefficient (Wildman–Crippen LogP) is 1.95. The maximum Gasteiger partial charge on any atom is 0.0697 e. The summed E-state index contributed by atoms with van der Waals surface area (Å²) in [6.07, 6.45) is 8.95. The maximum atomic E-state index is 4.41. The lowest BCUT2D eigenvalue weighted by molar-refractivity contribution is 1.06. The second-order valence-electron chi connectivity index (χ2n) is 2.69. The molecule has 2 aliphatic heterocycles. The van der Waals surface area contributed by atoms with Gasteiger partial charge in [0.15, 0.2) is 0 Å². The number of aliphatic imine (C=N–C) groups is 2. The largest absolute Gasteiger partial charge is 0.263 e. The maximum absolute atomic E-state index is 4.41. The third-order valence-corrected chi connectivity index (χ3v) is 1.93. The zero-order valence-corrected chi connectivity index (χ0v) is 6.49. The van der Waals surface area contributed by atoms with Crippen molar-refractivity contribution < 1.29 is 0 Å². The van der Waals surface area contributed by atoms with Crippen LogP contribution in [0.4, 0.5) is 0 Å². The van der Waals surface area contributed by atoms with Gasteiger partial charge in [-0.25, -0.2) is 0 Å². The fourth-order valence-electron chi connectivity index (χ4n) is 1.30. The van der Waals surface area contributed by atoms with E-state index < -0.39 is 0 Å². The fourth-order valence-corrected chi connectivity index (χ4v) is 1.30. The van der Waals surface area contributed by atoms with E-state index in [1.807, 2.05) is 12.4 Å². The molecular formula is C9H10N2. The molecule has 0 spiro atoms. The Morgan fingerprint density at radius 2 is 2.45 bits per heavy atom. The van der Waals surface area contributed by atoms with Gasteiger partial charge >= 0.3 is 0 Å². The zero-order valence-electron chi connectivity index (χ0n) is 6.49. The molecule has 0 saturated heterocycles. The minimum absolute atomic E-state index is 0.405. The molecule has 11 heavy (non-hydrogen) atoms. The number of rotatable bonds is 1. The van der Waals surface area contributed by atoms with Crippen LogP contribution in [0.2, 0.25) is 0 Å². The van der Waals surface area contributed by atoms with E-state index in [0.29, 0.717) is 5.92 Å². The molecule has 56 valence electrons. The molecule has 0 aliphatic carbocycles. The highest BCUT2D eigenvalue weighted by molar-refractivity contribution is 6.34. The quantitative estimate of drug-likeness (QED) is 0.540. The van der Waals surface area contributed by atoms with Crippen LogP contribution in [-0.2, 0) is 0 Å². The summed E-state index contributed by atoms with van der Waals surface area (Å²) in [6, 6.07) is 0. The van der Waals surface area contributed by atoms with Crippen molar-refractivity contribution in [2.45, 2.75) is 13.3 Å². The van der Waals surface area contributed by atoms with E-state index in [1.165, 1.54) is 5.70 Å². The molecule has 1 atom stereocenters. The summed E-state index contributed by atoms with van der Waals surface area (Å²) in [6.45, 7) is 2.12. The molecule has 0 fully saturated rings. The first-order valence-electron chi connectivity index (χ1n) is 3.89. The first kappa shape index (κ1) is 6.53. The van der Waals surface area contributed by atoms with Crippen molar-refractivity contribution in [2.75, 3.05) is 0 Å². The summed E-state index contributed by atoms with van der Waals surface area (Å²) in [4.78, 5) is 8.42. The van der Waals surface area contributed by atoms with Crippen molar-refractivity contribution in [1.29, 1.82) is 0 Å². The van der Waals surface area contributed by atoms with Gasteiger partial charge in [0, 0.05) is 24.0 Å². The van der Waals surface area contributed by atoms with Crippen LogP contribution in [0.25, 0.3) is 0 Å². The first-order chi connectivity index (χ1) is 5.40. The van der Waals surface area contributed by atoms with Gasteiger partial charge in [0.2, 0.25) is 0 Å². The lowest BCUT2D eigenvalue weighted by Crippen LogP contribution is -2.09. The van der Waals surface area contributed by atoms with E-state index in [1.54, 1.807) is 0 Å². The molecule has 0 radical (unpaired) electrons. The van der Waals surface area contributed by atoms with Crippen molar-refractivity contribution in [2.24, 2.45) is 15.9 Å². The summed E-state index contributed by atoms with van der Waals surface area (Å²) in [5, 5.41) is 0. The SMILES string of the molecule is CCC1=CC2C=CN=CC2=N1. The Bertz CT molecular complexity index is 282. The minimum Gasteiger partial charge on any atom is -0.263 e. The molecular weight excluding hydrogens is 136 g/mol. The average molecular weight is 146 g/mol. The number of hydrogen-bond acceptors (Lipinski definition) is 2.